The van der Waals surface area contributed by atoms with E-state index in [1.165, 1.54) is 5.56 Å². The Kier molecular flexibility index (Phi) is 5.05. The molecule has 0 spiro atoms. The number of nitrogens with one attached hydrogen (secondary N) is 1. The van der Waals surface area contributed by atoms with Crippen molar-refractivity contribution in [3.63, 3.8) is 0 Å². The molecule has 0 bridgehead atoms. The molecule has 0 radical (unpaired) electrons. The standard InChI is InChI=1S/C16H15ClINO/c1-10-3-4-11(2)12(7-10)8-16(20)19-15-6-5-13(17)9-14(15)18/h3-7,9H,8H2,1-2H3,(H,19,20). The Morgan fingerprint density at radius 1 is 1.20 bits per heavy atom. The van der Waals surface area contributed by atoms with Crippen LogP contribution in [0.2, 0.25) is 5.02 Å². The second-order valence-corrected chi connectivity index (χ2v) is 6.38. The lowest BCUT2D eigenvalue weighted by molar-refractivity contribution is -0.115. The molecule has 1 amide bonds. The normalized spacial score (nSPS) is 10.4. The van der Waals surface area contributed by atoms with E-state index in [1.54, 1.807) is 6.07 Å². The van der Waals surface area contributed by atoms with Crippen LogP contribution < -0.4 is 5.32 Å². The minimum atomic E-state index is -0.0149. The molecule has 0 fully saturated rings. The zero-order chi connectivity index (χ0) is 14.7. The summed E-state index contributed by atoms with van der Waals surface area (Å²) in [6, 6.07) is 11.6. The number of anilines is 1. The number of halogens is 2. The van der Waals surface area contributed by atoms with Crippen LogP contribution in [0.3, 0.4) is 0 Å². The number of amides is 1. The Bertz CT molecular complexity index is 655. The smallest absolute Gasteiger partial charge is 0.228 e. The summed E-state index contributed by atoms with van der Waals surface area (Å²) in [5.74, 6) is -0.0149. The fraction of sp³-hybridized carbons (Fsp3) is 0.188. The number of benzene rings is 2. The van der Waals surface area contributed by atoms with Gasteiger partial charge in [0.1, 0.15) is 0 Å². The second-order valence-electron chi connectivity index (χ2n) is 4.78. The largest absolute Gasteiger partial charge is 0.325 e. The van der Waals surface area contributed by atoms with Gasteiger partial charge in [-0.2, -0.15) is 0 Å². The minimum Gasteiger partial charge on any atom is -0.325 e. The van der Waals surface area contributed by atoms with Gasteiger partial charge < -0.3 is 5.32 Å². The van der Waals surface area contributed by atoms with Crippen LogP contribution in [0.1, 0.15) is 16.7 Å². The minimum absolute atomic E-state index is 0.0149. The van der Waals surface area contributed by atoms with Crippen LogP contribution in [0.4, 0.5) is 5.69 Å². The Balaban J connectivity index is 2.11. The van der Waals surface area contributed by atoms with Crippen molar-refractivity contribution in [3.05, 3.63) is 61.7 Å². The molecule has 2 aromatic carbocycles. The van der Waals surface area contributed by atoms with Gasteiger partial charge in [-0.25, -0.2) is 0 Å². The Morgan fingerprint density at radius 2 is 1.95 bits per heavy atom. The molecule has 0 saturated carbocycles. The molecule has 104 valence electrons. The van der Waals surface area contributed by atoms with Crippen molar-refractivity contribution in [2.45, 2.75) is 20.3 Å². The molecule has 1 N–H and O–H groups in total. The molecule has 2 aromatic rings. The van der Waals surface area contributed by atoms with Gasteiger partial charge in [-0.1, -0.05) is 35.4 Å². The van der Waals surface area contributed by atoms with Crippen molar-refractivity contribution in [2.24, 2.45) is 0 Å². The van der Waals surface area contributed by atoms with Gasteiger partial charge >= 0.3 is 0 Å². The van der Waals surface area contributed by atoms with E-state index in [0.29, 0.717) is 11.4 Å². The molecule has 2 rings (SSSR count). The van der Waals surface area contributed by atoms with Crippen LogP contribution >= 0.6 is 34.2 Å². The van der Waals surface area contributed by atoms with E-state index in [1.807, 2.05) is 32.0 Å². The van der Waals surface area contributed by atoms with Gasteiger partial charge in [-0.3, -0.25) is 4.79 Å². The van der Waals surface area contributed by atoms with E-state index in [0.717, 1.165) is 20.4 Å². The number of rotatable bonds is 3. The molecular formula is C16H15ClINO. The van der Waals surface area contributed by atoms with Crippen molar-refractivity contribution in [2.75, 3.05) is 5.32 Å². The summed E-state index contributed by atoms with van der Waals surface area (Å²) in [6.07, 6.45) is 0.381. The van der Waals surface area contributed by atoms with Gasteiger partial charge in [0, 0.05) is 8.59 Å². The maximum atomic E-state index is 12.1. The SMILES string of the molecule is Cc1ccc(C)c(CC(=O)Nc2ccc(Cl)cc2I)c1. The maximum Gasteiger partial charge on any atom is 0.228 e. The van der Waals surface area contributed by atoms with Gasteiger partial charge in [-0.15, -0.1) is 0 Å². The molecule has 0 unspecified atom stereocenters. The van der Waals surface area contributed by atoms with E-state index < -0.39 is 0 Å². The summed E-state index contributed by atoms with van der Waals surface area (Å²) in [6.45, 7) is 4.05. The third kappa shape index (κ3) is 3.96. The third-order valence-electron chi connectivity index (χ3n) is 3.06. The first-order valence-corrected chi connectivity index (χ1v) is 7.72. The molecule has 20 heavy (non-hydrogen) atoms. The first kappa shape index (κ1) is 15.3. The van der Waals surface area contributed by atoms with Crippen molar-refractivity contribution >= 4 is 45.8 Å². The third-order valence-corrected chi connectivity index (χ3v) is 4.19. The van der Waals surface area contributed by atoms with Crippen LogP contribution in [-0.4, -0.2) is 5.91 Å². The van der Waals surface area contributed by atoms with E-state index in [2.05, 4.69) is 40.0 Å². The molecule has 0 aliphatic rings. The molecule has 2 nitrogen and oxygen atoms in total. The van der Waals surface area contributed by atoms with Gasteiger partial charge in [-0.05, 0) is 65.8 Å². The van der Waals surface area contributed by atoms with Crippen molar-refractivity contribution < 1.29 is 4.79 Å². The predicted octanol–water partition coefficient (Wildman–Crippen LogP) is 4.74. The zero-order valence-electron chi connectivity index (χ0n) is 11.3. The van der Waals surface area contributed by atoms with Crippen LogP contribution in [0, 0.1) is 17.4 Å². The van der Waals surface area contributed by atoms with E-state index in [9.17, 15) is 4.79 Å². The van der Waals surface area contributed by atoms with Gasteiger partial charge in [0.15, 0.2) is 0 Å². The molecule has 0 aliphatic heterocycles. The van der Waals surface area contributed by atoms with Crippen molar-refractivity contribution in [1.82, 2.24) is 0 Å². The number of carbonyl (C=O) groups excluding carboxylic acids is 1. The zero-order valence-corrected chi connectivity index (χ0v) is 14.2. The molecule has 0 aliphatic carbocycles. The molecular weight excluding hydrogens is 385 g/mol. The molecule has 0 aromatic heterocycles. The van der Waals surface area contributed by atoms with Crippen LogP contribution in [-0.2, 0) is 11.2 Å². The molecule has 0 saturated heterocycles. The summed E-state index contributed by atoms with van der Waals surface area (Å²) < 4.78 is 0.935. The Morgan fingerprint density at radius 3 is 2.65 bits per heavy atom. The van der Waals surface area contributed by atoms with Gasteiger partial charge in [0.2, 0.25) is 5.91 Å². The average molecular weight is 400 g/mol. The van der Waals surface area contributed by atoms with E-state index in [-0.39, 0.29) is 5.91 Å². The quantitative estimate of drug-likeness (QED) is 0.742. The van der Waals surface area contributed by atoms with E-state index >= 15 is 0 Å². The van der Waals surface area contributed by atoms with Gasteiger partial charge in [0.05, 0.1) is 12.1 Å². The lowest BCUT2D eigenvalue weighted by Gasteiger charge is -2.10. The molecule has 0 atom stereocenters. The monoisotopic (exact) mass is 399 g/mol. The number of hydrogen-bond donors (Lipinski definition) is 1. The van der Waals surface area contributed by atoms with Crippen molar-refractivity contribution in [3.8, 4) is 0 Å². The lowest BCUT2D eigenvalue weighted by atomic mass is 10.0. The highest BCUT2D eigenvalue weighted by molar-refractivity contribution is 14.1. The van der Waals surface area contributed by atoms with Crippen molar-refractivity contribution in [1.29, 1.82) is 0 Å². The topological polar surface area (TPSA) is 29.1 Å². The van der Waals surface area contributed by atoms with Crippen LogP contribution in [0.25, 0.3) is 0 Å². The van der Waals surface area contributed by atoms with E-state index in [4.69, 9.17) is 11.6 Å². The first-order valence-electron chi connectivity index (χ1n) is 6.27. The highest BCUT2D eigenvalue weighted by Gasteiger charge is 2.09. The number of aryl methyl sites for hydroxylation is 2. The highest BCUT2D eigenvalue weighted by atomic mass is 127. The maximum absolute atomic E-state index is 12.1. The second kappa shape index (κ2) is 6.59. The number of hydrogen-bond acceptors (Lipinski definition) is 1. The molecule has 0 heterocycles. The Hall–Kier alpha value is -1.07. The van der Waals surface area contributed by atoms with Crippen LogP contribution in [0.5, 0.6) is 0 Å². The Labute approximate surface area is 137 Å². The predicted molar refractivity (Wildman–Crippen MR) is 92.4 cm³/mol. The molecule has 4 heteroatoms. The fourth-order valence-corrected chi connectivity index (χ4v) is 2.96. The number of carbonyl (C=O) groups is 1. The average Bonchev–Trinajstić information content (AvgIpc) is 2.37. The summed E-state index contributed by atoms with van der Waals surface area (Å²) >= 11 is 8.07. The summed E-state index contributed by atoms with van der Waals surface area (Å²) in [4.78, 5) is 12.1. The summed E-state index contributed by atoms with van der Waals surface area (Å²) in [7, 11) is 0. The highest BCUT2D eigenvalue weighted by Crippen LogP contribution is 2.22. The first-order chi connectivity index (χ1) is 9.45. The fourth-order valence-electron chi connectivity index (χ4n) is 1.95. The van der Waals surface area contributed by atoms with Crippen LogP contribution in [0.15, 0.2) is 36.4 Å². The van der Waals surface area contributed by atoms with Gasteiger partial charge in [0.25, 0.3) is 0 Å². The summed E-state index contributed by atoms with van der Waals surface area (Å²) in [5, 5.41) is 3.60. The summed E-state index contributed by atoms with van der Waals surface area (Å²) in [5.41, 5.74) is 4.16. The lowest BCUT2D eigenvalue weighted by Crippen LogP contribution is -2.15.